The fourth-order valence-corrected chi connectivity index (χ4v) is 6.18. The third kappa shape index (κ3) is 5.85. The summed E-state index contributed by atoms with van der Waals surface area (Å²) >= 11 is 0. The smallest absolute Gasteiger partial charge is 0.326 e. The number of hydrogen-bond donors (Lipinski definition) is 1. The van der Waals surface area contributed by atoms with Crippen LogP contribution >= 0.6 is 0 Å². The quantitative estimate of drug-likeness (QED) is 0.203. The summed E-state index contributed by atoms with van der Waals surface area (Å²) in [5.41, 5.74) is 4.26. The standard InChI is InChI=1S/C33H36N4O7/c1-3-29(39)34-13-15-42-23-11-12-26-24(16-23)31-25-18-36(33(41)35(2)32(25)40)19-27(31)37(26)17-21-7-9-22(10-8-21)28(38)20-44-30-6-4-5-14-43-30/h3,7-12,16,25,30H,1,4-6,13-15,17-20H2,2H3,(H,34,39). The molecule has 0 radical (unpaired) electrons. The Hall–Kier alpha value is -4.48. The Labute approximate surface area is 255 Å². The highest BCUT2D eigenvalue weighted by Crippen LogP contribution is 2.41. The number of likely N-dealkylation sites (N-methyl/N-ethyl adjacent to an activating group) is 1. The number of nitrogens with one attached hydrogen (secondary N) is 1. The van der Waals surface area contributed by atoms with Crippen molar-refractivity contribution in [2.75, 3.05) is 40.0 Å². The topological polar surface area (TPSA) is 119 Å². The lowest BCUT2D eigenvalue weighted by Gasteiger charge is -2.41. The van der Waals surface area contributed by atoms with Crippen LogP contribution in [0.3, 0.4) is 0 Å². The van der Waals surface area contributed by atoms with Crippen LogP contribution in [-0.4, -0.2) is 84.2 Å². The van der Waals surface area contributed by atoms with E-state index in [4.69, 9.17) is 14.2 Å². The largest absolute Gasteiger partial charge is 0.492 e. The predicted molar refractivity (Wildman–Crippen MR) is 161 cm³/mol. The molecule has 230 valence electrons. The minimum Gasteiger partial charge on any atom is -0.492 e. The number of ketones is 1. The summed E-state index contributed by atoms with van der Waals surface area (Å²) in [5, 5.41) is 3.58. The Morgan fingerprint density at radius 1 is 1.14 bits per heavy atom. The highest BCUT2D eigenvalue weighted by molar-refractivity contribution is 6.04. The summed E-state index contributed by atoms with van der Waals surface area (Å²) in [4.78, 5) is 53.3. The van der Waals surface area contributed by atoms with Gasteiger partial charge in [-0.2, -0.15) is 0 Å². The molecule has 2 atom stereocenters. The van der Waals surface area contributed by atoms with Gasteiger partial charge in [-0.1, -0.05) is 30.8 Å². The third-order valence-corrected chi connectivity index (χ3v) is 8.47. The van der Waals surface area contributed by atoms with Crippen LogP contribution in [0.15, 0.2) is 55.1 Å². The van der Waals surface area contributed by atoms with E-state index in [1.165, 1.54) is 18.0 Å². The Morgan fingerprint density at radius 2 is 1.95 bits per heavy atom. The summed E-state index contributed by atoms with van der Waals surface area (Å²) in [6.07, 6.45) is 3.74. The van der Waals surface area contributed by atoms with Crippen LogP contribution in [0.25, 0.3) is 10.9 Å². The maximum atomic E-state index is 13.3. The number of nitrogens with zero attached hydrogens (tertiary/aromatic N) is 3. The van der Waals surface area contributed by atoms with Gasteiger partial charge in [0.2, 0.25) is 11.8 Å². The molecule has 2 aromatic carbocycles. The van der Waals surface area contributed by atoms with E-state index in [0.717, 1.165) is 47.0 Å². The van der Waals surface area contributed by atoms with E-state index < -0.39 is 5.92 Å². The molecule has 0 spiro atoms. The van der Waals surface area contributed by atoms with E-state index in [1.807, 2.05) is 30.3 Å². The minimum absolute atomic E-state index is 0.0292. The summed E-state index contributed by atoms with van der Waals surface area (Å²) in [6, 6.07) is 12.9. The minimum atomic E-state index is -0.486. The lowest BCUT2D eigenvalue weighted by atomic mass is 9.89. The SMILES string of the molecule is C=CC(=O)NCCOc1ccc2c(c1)c1c(n2Cc2ccc(C(=O)COC3CCCCO3)cc2)CN2CC1C(=O)N(C)C2=O. The molecular formula is C33H36N4O7. The maximum Gasteiger partial charge on any atom is 0.326 e. The van der Waals surface area contributed by atoms with Crippen LogP contribution in [0.2, 0.25) is 0 Å². The van der Waals surface area contributed by atoms with Crippen LogP contribution in [0, 0.1) is 0 Å². The first-order valence-corrected chi connectivity index (χ1v) is 14.9. The number of amides is 4. The highest BCUT2D eigenvalue weighted by atomic mass is 16.7. The van der Waals surface area contributed by atoms with Crippen molar-refractivity contribution in [1.82, 2.24) is 19.7 Å². The Morgan fingerprint density at radius 3 is 2.70 bits per heavy atom. The van der Waals surface area contributed by atoms with Gasteiger partial charge in [0.25, 0.3) is 0 Å². The Balaban J connectivity index is 1.26. The Bertz CT molecular complexity index is 1610. The molecule has 2 bridgehead atoms. The number of carbonyl (C=O) groups excluding carboxylic acids is 4. The normalized spacial score (nSPS) is 19.6. The summed E-state index contributed by atoms with van der Waals surface area (Å²) in [7, 11) is 1.52. The average molecular weight is 601 g/mol. The second-order valence-corrected chi connectivity index (χ2v) is 11.3. The van der Waals surface area contributed by atoms with Crippen molar-refractivity contribution < 1.29 is 33.4 Å². The van der Waals surface area contributed by atoms with Gasteiger partial charge >= 0.3 is 6.03 Å². The molecule has 0 saturated carbocycles. The number of carbonyl (C=O) groups is 4. The number of hydrogen-bond acceptors (Lipinski definition) is 7. The van der Waals surface area contributed by atoms with Crippen molar-refractivity contribution in [2.24, 2.45) is 0 Å². The molecule has 11 nitrogen and oxygen atoms in total. The fourth-order valence-electron chi connectivity index (χ4n) is 6.18. The number of Topliss-reactive ketones (excluding diaryl/α,β-unsaturated/α-hetero) is 1. The molecule has 2 fully saturated rings. The molecule has 4 amide bonds. The monoisotopic (exact) mass is 600 g/mol. The average Bonchev–Trinajstić information content (AvgIpc) is 3.36. The van der Waals surface area contributed by atoms with Crippen LogP contribution in [0.5, 0.6) is 5.75 Å². The van der Waals surface area contributed by atoms with Crippen LogP contribution in [-0.2, 0) is 32.2 Å². The van der Waals surface area contributed by atoms with E-state index >= 15 is 0 Å². The molecule has 11 heteroatoms. The lowest BCUT2D eigenvalue weighted by Crippen LogP contribution is -2.56. The second-order valence-electron chi connectivity index (χ2n) is 11.3. The molecule has 1 aromatic heterocycles. The van der Waals surface area contributed by atoms with Crippen molar-refractivity contribution in [2.45, 2.75) is 44.6 Å². The number of benzene rings is 2. The van der Waals surface area contributed by atoms with Crippen molar-refractivity contribution in [1.29, 1.82) is 0 Å². The van der Waals surface area contributed by atoms with Gasteiger partial charge < -0.3 is 29.0 Å². The number of aromatic nitrogens is 1. The summed E-state index contributed by atoms with van der Waals surface area (Å²) in [6.45, 7) is 5.86. The van der Waals surface area contributed by atoms with E-state index in [0.29, 0.717) is 44.1 Å². The van der Waals surface area contributed by atoms with E-state index in [9.17, 15) is 19.2 Å². The zero-order valence-corrected chi connectivity index (χ0v) is 24.8. The van der Waals surface area contributed by atoms with Crippen LogP contribution in [0.1, 0.15) is 52.4 Å². The van der Waals surface area contributed by atoms with Gasteiger partial charge in [0.05, 0.1) is 19.0 Å². The molecule has 0 aliphatic carbocycles. The van der Waals surface area contributed by atoms with Gasteiger partial charge in [0.15, 0.2) is 12.1 Å². The van der Waals surface area contributed by atoms with Gasteiger partial charge in [-0.25, -0.2) is 4.79 Å². The highest BCUT2D eigenvalue weighted by Gasteiger charge is 2.44. The molecule has 3 aliphatic rings. The molecule has 2 saturated heterocycles. The third-order valence-electron chi connectivity index (χ3n) is 8.47. The van der Waals surface area contributed by atoms with Crippen LogP contribution in [0.4, 0.5) is 4.79 Å². The molecule has 44 heavy (non-hydrogen) atoms. The molecule has 2 unspecified atom stereocenters. The Kier molecular flexibility index (Phi) is 8.49. The summed E-state index contributed by atoms with van der Waals surface area (Å²) < 4.78 is 19.3. The molecular weight excluding hydrogens is 564 g/mol. The number of urea groups is 1. The number of fused-ring (bicyclic) bond motifs is 6. The van der Waals surface area contributed by atoms with Gasteiger partial charge in [-0.15, -0.1) is 0 Å². The summed E-state index contributed by atoms with van der Waals surface area (Å²) in [5.74, 6) is -0.472. The van der Waals surface area contributed by atoms with E-state index in [2.05, 4.69) is 16.5 Å². The first-order chi connectivity index (χ1) is 21.3. The van der Waals surface area contributed by atoms with Gasteiger partial charge in [-0.05, 0) is 54.7 Å². The van der Waals surface area contributed by atoms with Gasteiger partial charge in [0.1, 0.15) is 19.0 Å². The number of rotatable bonds is 11. The van der Waals surface area contributed by atoms with Crippen molar-refractivity contribution in [3.8, 4) is 5.75 Å². The molecule has 3 aliphatic heterocycles. The first kappa shape index (κ1) is 29.6. The van der Waals surface area contributed by atoms with Crippen molar-refractivity contribution >= 4 is 34.5 Å². The van der Waals surface area contributed by atoms with Crippen LogP contribution < -0.4 is 10.1 Å². The van der Waals surface area contributed by atoms with E-state index in [-0.39, 0.29) is 43.1 Å². The fraction of sp³-hybridized carbons (Fsp3) is 0.394. The molecule has 4 heterocycles. The predicted octanol–water partition coefficient (Wildman–Crippen LogP) is 3.59. The molecule has 1 N–H and O–H groups in total. The number of ether oxygens (including phenoxy) is 3. The number of imide groups is 1. The first-order valence-electron chi connectivity index (χ1n) is 14.9. The van der Waals surface area contributed by atoms with E-state index in [1.54, 1.807) is 17.0 Å². The lowest BCUT2D eigenvalue weighted by molar-refractivity contribution is -0.155. The zero-order chi connectivity index (χ0) is 30.8. The van der Waals surface area contributed by atoms with Crippen molar-refractivity contribution in [3.63, 3.8) is 0 Å². The molecule has 3 aromatic rings. The zero-order valence-electron chi connectivity index (χ0n) is 24.8. The maximum absolute atomic E-state index is 13.3. The van der Waals surface area contributed by atoms with Gasteiger partial charge in [0, 0.05) is 48.9 Å². The van der Waals surface area contributed by atoms with Gasteiger partial charge in [-0.3, -0.25) is 19.3 Å². The second kappa shape index (κ2) is 12.6. The van der Waals surface area contributed by atoms with Crippen molar-refractivity contribution in [3.05, 3.63) is 77.5 Å². The molecule has 6 rings (SSSR count).